The van der Waals surface area contributed by atoms with Gasteiger partial charge in [0.25, 0.3) is 0 Å². The first kappa shape index (κ1) is 17.2. The predicted octanol–water partition coefficient (Wildman–Crippen LogP) is 0.505. The number of nitrogens with zero attached hydrogens (tertiary/aromatic N) is 1. The molecule has 2 unspecified atom stereocenters. The summed E-state index contributed by atoms with van der Waals surface area (Å²) in [5, 5.41) is 3.64. The summed E-state index contributed by atoms with van der Waals surface area (Å²) < 4.78 is 4.78. The van der Waals surface area contributed by atoms with Gasteiger partial charge < -0.3 is 15.8 Å². The minimum absolute atomic E-state index is 0.180. The molecule has 0 aromatic carbocycles. The molecular formula is C16H29N3O3. The maximum atomic E-state index is 11.5. The molecule has 2 aliphatic rings. The molecule has 1 heterocycles. The number of amides is 1. The summed E-state index contributed by atoms with van der Waals surface area (Å²) in [5.41, 5.74) is 5.32. The lowest BCUT2D eigenvalue weighted by molar-refractivity contribution is -0.142. The van der Waals surface area contributed by atoms with Crippen LogP contribution in [0.5, 0.6) is 0 Å². The first-order chi connectivity index (χ1) is 10.6. The molecule has 6 heteroatoms. The minimum atomic E-state index is -0.312. The maximum Gasteiger partial charge on any atom is 0.305 e. The van der Waals surface area contributed by atoms with Gasteiger partial charge in [-0.05, 0) is 37.6 Å². The second kappa shape index (κ2) is 8.48. The average molecular weight is 311 g/mol. The van der Waals surface area contributed by atoms with Crippen molar-refractivity contribution in [3.63, 3.8) is 0 Å². The third-order valence-electron chi connectivity index (χ3n) is 4.85. The molecule has 2 atom stereocenters. The number of primary amides is 1. The predicted molar refractivity (Wildman–Crippen MR) is 84.1 cm³/mol. The van der Waals surface area contributed by atoms with Crippen molar-refractivity contribution >= 4 is 11.9 Å². The van der Waals surface area contributed by atoms with E-state index in [-0.39, 0.29) is 24.3 Å². The molecule has 1 amide bonds. The van der Waals surface area contributed by atoms with Crippen LogP contribution in [0.1, 0.15) is 38.5 Å². The molecule has 6 nitrogen and oxygen atoms in total. The van der Waals surface area contributed by atoms with Gasteiger partial charge in [0.05, 0.1) is 13.7 Å². The molecule has 2 rings (SSSR count). The zero-order chi connectivity index (χ0) is 15.9. The molecule has 3 N–H and O–H groups in total. The zero-order valence-corrected chi connectivity index (χ0v) is 13.6. The van der Waals surface area contributed by atoms with E-state index in [2.05, 4.69) is 10.2 Å². The van der Waals surface area contributed by atoms with Gasteiger partial charge in [-0.3, -0.25) is 14.5 Å². The number of rotatable bonds is 7. The van der Waals surface area contributed by atoms with Crippen LogP contribution in [0.4, 0.5) is 0 Å². The van der Waals surface area contributed by atoms with Crippen molar-refractivity contribution in [2.75, 3.05) is 33.3 Å². The Balaban J connectivity index is 1.85. The Morgan fingerprint density at radius 1 is 1.23 bits per heavy atom. The van der Waals surface area contributed by atoms with Crippen molar-refractivity contribution in [3.05, 3.63) is 0 Å². The van der Waals surface area contributed by atoms with Gasteiger partial charge in [0.15, 0.2) is 0 Å². The monoisotopic (exact) mass is 311 g/mol. The van der Waals surface area contributed by atoms with Crippen LogP contribution in [0.15, 0.2) is 0 Å². The Kier molecular flexibility index (Phi) is 6.64. The topological polar surface area (TPSA) is 84.7 Å². The molecule has 1 aliphatic heterocycles. The number of nitrogens with one attached hydrogen (secondary N) is 1. The highest BCUT2D eigenvalue weighted by Gasteiger charge is 2.30. The van der Waals surface area contributed by atoms with Gasteiger partial charge in [-0.25, -0.2) is 0 Å². The number of nitrogens with two attached hydrogens (primary N) is 1. The highest BCUT2D eigenvalue weighted by Crippen LogP contribution is 2.25. The van der Waals surface area contributed by atoms with E-state index in [1.807, 2.05) is 0 Å². The quantitative estimate of drug-likeness (QED) is 0.669. The molecule has 0 aromatic heterocycles. The van der Waals surface area contributed by atoms with Gasteiger partial charge in [-0.2, -0.15) is 0 Å². The van der Waals surface area contributed by atoms with Crippen molar-refractivity contribution in [2.24, 2.45) is 17.6 Å². The number of methoxy groups -OCH3 is 1. The minimum Gasteiger partial charge on any atom is -0.469 e. The SMILES string of the molecule is COC(=O)CC1CC(NCC2CCCC2)CN(CC(N)=O)C1. The highest BCUT2D eigenvalue weighted by molar-refractivity contribution is 5.76. The van der Waals surface area contributed by atoms with Gasteiger partial charge in [0, 0.05) is 25.6 Å². The number of likely N-dealkylation sites (tertiary alicyclic amines) is 1. The van der Waals surface area contributed by atoms with Crippen LogP contribution in [0.3, 0.4) is 0 Å². The van der Waals surface area contributed by atoms with Crippen molar-refractivity contribution in [1.29, 1.82) is 0 Å². The van der Waals surface area contributed by atoms with E-state index in [0.29, 0.717) is 12.5 Å². The Morgan fingerprint density at radius 2 is 1.95 bits per heavy atom. The lowest BCUT2D eigenvalue weighted by Crippen LogP contribution is -2.52. The van der Waals surface area contributed by atoms with Crippen LogP contribution in [0, 0.1) is 11.8 Å². The lowest BCUT2D eigenvalue weighted by Gasteiger charge is -2.37. The smallest absolute Gasteiger partial charge is 0.305 e. The van der Waals surface area contributed by atoms with Gasteiger partial charge in [-0.1, -0.05) is 12.8 Å². The van der Waals surface area contributed by atoms with Crippen LogP contribution in [-0.2, 0) is 14.3 Å². The number of carbonyl (C=O) groups excluding carboxylic acids is 2. The summed E-state index contributed by atoms with van der Waals surface area (Å²) in [6.07, 6.45) is 6.68. The summed E-state index contributed by atoms with van der Waals surface area (Å²) in [7, 11) is 1.42. The van der Waals surface area contributed by atoms with Crippen LogP contribution >= 0.6 is 0 Å². The van der Waals surface area contributed by atoms with E-state index >= 15 is 0 Å². The standard InChI is InChI=1S/C16H29N3O3/c1-22-16(21)7-13-6-14(10-19(9-13)11-15(17)20)18-8-12-4-2-3-5-12/h12-14,18H,2-11H2,1H3,(H2,17,20). The molecule has 1 aliphatic carbocycles. The fourth-order valence-corrected chi connectivity index (χ4v) is 3.81. The van der Waals surface area contributed by atoms with Crippen LogP contribution in [0.2, 0.25) is 0 Å². The maximum absolute atomic E-state index is 11.5. The molecule has 0 spiro atoms. The van der Waals surface area contributed by atoms with Crippen LogP contribution in [0.25, 0.3) is 0 Å². The Bertz CT molecular complexity index is 383. The largest absolute Gasteiger partial charge is 0.469 e. The summed E-state index contributed by atoms with van der Waals surface area (Å²) in [4.78, 5) is 24.8. The summed E-state index contributed by atoms with van der Waals surface area (Å²) in [6, 6.07) is 0.323. The Morgan fingerprint density at radius 3 is 2.59 bits per heavy atom. The van der Waals surface area contributed by atoms with E-state index in [9.17, 15) is 9.59 Å². The average Bonchev–Trinajstić information content (AvgIpc) is 2.97. The molecule has 0 bridgehead atoms. The van der Waals surface area contributed by atoms with E-state index in [0.717, 1.165) is 32.0 Å². The zero-order valence-electron chi connectivity index (χ0n) is 13.6. The van der Waals surface area contributed by atoms with E-state index < -0.39 is 0 Å². The fraction of sp³-hybridized carbons (Fsp3) is 0.875. The van der Waals surface area contributed by atoms with E-state index in [1.54, 1.807) is 0 Å². The molecule has 0 radical (unpaired) electrons. The molecule has 1 saturated heterocycles. The van der Waals surface area contributed by atoms with Crippen molar-refractivity contribution in [3.8, 4) is 0 Å². The first-order valence-corrected chi connectivity index (χ1v) is 8.37. The summed E-state index contributed by atoms with van der Waals surface area (Å²) in [5.74, 6) is 0.515. The van der Waals surface area contributed by atoms with Crippen LogP contribution < -0.4 is 11.1 Å². The molecular weight excluding hydrogens is 282 g/mol. The third kappa shape index (κ3) is 5.57. The lowest BCUT2D eigenvalue weighted by atomic mass is 9.91. The number of carbonyl (C=O) groups is 2. The molecule has 126 valence electrons. The van der Waals surface area contributed by atoms with Gasteiger partial charge in [0.1, 0.15) is 0 Å². The number of ether oxygens (including phenoxy) is 1. The summed E-state index contributed by atoms with van der Waals surface area (Å²) >= 11 is 0. The third-order valence-corrected chi connectivity index (χ3v) is 4.85. The van der Waals surface area contributed by atoms with Crippen molar-refractivity contribution in [1.82, 2.24) is 10.2 Å². The Labute approximate surface area is 132 Å². The van der Waals surface area contributed by atoms with Gasteiger partial charge in [-0.15, -0.1) is 0 Å². The first-order valence-electron chi connectivity index (χ1n) is 8.37. The van der Waals surface area contributed by atoms with Crippen LogP contribution in [-0.4, -0.2) is 56.1 Å². The molecule has 0 aromatic rings. The second-order valence-corrected chi connectivity index (χ2v) is 6.80. The molecule has 1 saturated carbocycles. The van der Waals surface area contributed by atoms with E-state index in [1.165, 1.54) is 32.8 Å². The molecule has 22 heavy (non-hydrogen) atoms. The highest BCUT2D eigenvalue weighted by atomic mass is 16.5. The number of esters is 1. The Hall–Kier alpha value is -1.14. The normalized spacial score (nSPS) is 27.0. The fourth-order valence-electron chi connectivity index (χ4n) is 3.81. The number of hydrogen-bond acceptors (Lipinski definition) is 5. The van der Waals surface area contributed by atoms with Gasteiger partial charge in [0.2, 0.25) is 5.91 Å². The number of piperidine rings is 1. The van der Waals surface area contributed by atoms with Crippen molar-refractivity contribution in [2.45, 2.75) is 44.6 Å². The summed E-state index contributed by atoms with van der Waals surface area (Å²) in [6.45, 7) is 2.87. The second-order valence-electron chi connectivity index (χ2n) is 6.80. The molecule has 2 fully saturated rings. The van der Waals surface area contributed by atoms with Gasteiger partial charge >= 0.3 is 5.97 Å². The van der Waals surface area contributed by atoms with E-state index in [4.69, 9.17) is 10.5 Å². The number of hydrogen-bond donors (Lipinski definition) is 2. The van der Waals surface area contributed by atoms with Crippen molar-refractivity contribution < 1.29 is 14.3 Å².